The Bertz CT molecular complexity index is 1020. The number of anilines is 1. The Morgan fingerprint density at radius 3 is 2.57 bits per heavy atom. The largest absolute Gasteiger partial charge is 0.496 e. The van der Waals surface area contributed by atoms with Crippen LogP contribution in [0.15, 0.2) is 48.5 Å². The van der Waals surface area contributed by atoms with Crippen molar-refractivity contribution in [3.8, 4) is 5.75 Å². The molecule has 2 aromatic carbocycles. The third-order valence-corrected chi connectivity index (χ3v) is 4.14. The zero-order valence-electron chi connectivity index (χ0n) is 15.1. The molecule has 0 aliphatic rings. The minimum atomic E-state index is -4.40. The van der Waals surface area contributed by atoms with Crippen LogP contribution < -0.4 is 10.1 Å². The van der Waals surface area contributed by atoms with E-state index < -0.39 is 17.7 Å². The number of nitrogens with one attached hydrogen (secondary N) is 1. The number of halogens is 3. The minimum absolute atomic E-state index is 0.141. The molecule has 0 bridgehead atoms. The first-order chi connectivity index (χ1) is 13.3. The Labute approximate surface area is 159 Å². The van der Waals surface area contributed by atoms with Crippen LogP contribution in [0, 0.1) is 0 Å². The van der Waals surface area contributed by atoms with Crippen LogP contribution in [0.5, 0.6) is 5.75 Å². The topological polar surface area (TPSA) is 60.5 Å². The second-order valence-corrected chi connectivity index (χ2v) is 5.98. The van der Waals surface area contributed by atoms with Crippen LogP contribution in [-0.2, 0) is 17.5 Å². The molecule has 28 heavy (non-hydrogen) atoms. The van der Waals surface area contributed by atoms with E-state index in [0.717, 1.165) is 12.1 Å². The molecule has 3 aromatic rings. The average molecular weight is 390 g/mol. The summed E-state index contributed by atoms with van der Waals surface area (Å²) in [5.41, 5.74) is 0.575. The van der Waals surface area contributed by atoms with Gasteiger partial charge < -0.3 is 14.8 Å². The van der Waals surface area contributed by atoms with Gasteiger partial charge in [-0.1, -0.05) is 12.1 Å². The molecule has 0 atom stereocenters. The number of esters is 1. The number of pyridine rings is 1. The molecule has 1 heterocycles. The number of rotatable bonds is 5. The van der Waals surface area contributed by atoms with Crippen LogP contribution >= 0.6 is 0 Å². The molecule has 0 amide bonds. The van der Waals surface area contributed by atoms with Crippen LogP contribution in [0.4, 0.5) is 19.0 Å². The van der Waals surface area contributed by atoms with E-state index in [-0.39, 0.29) is 6.54 Å². The highest BCUT2D eigenvalue weighted by Gasteiger charge is 2.30. The summed E-state index contributed by atoms with van der Waals surface area (Å²) in [6.07, 6.45) is -4.40. The van der Waals surface area contributed by atoms with Crippen LogP contribution in [0.25, 0.3) is 10.9 Å². The highest BCUT2D eigenvalue weighted by atomic mass is 19.4. The number of nitrogens with zero attached hydrogens (tertiary/aromatic N) is 1. The third kappa shape index (κ3) is 4.16. The molecule has 0 aliphatic carbocycles. The number of hydrogen-bond donors (Lipinski definition) is 1. The Morgan fingerprint density at radius 1 is 1.11 bits per heavy atom. The van der Waals surface area contributed by atoms with Gasteiger partial charge in [-0.3, -0.25) is 0 Å². The normalized spacial score (nSPS) is 11.3. The summed E-state index contributed by atoms with van der Waals surface area (Å²) in [4.78, 5) is 16.2. The fraction of sp³-hybridized carbons (Fsp3) is 0.200. The molecule has 1 aromatic heterocycles. The first-order valence-electron chi connectivity index (χ1n) is 8.29. The molecule has 146 valence electrons. The summed E-state index contributed by atoms with van der Waals surface area (Å²) < 4.78 is 48.6. The molecule has 0 spiro atoms. The molecule has 0 saturated carbocycles. The van der Waals surface area contributed by atoms with Crippen LogP contribution in [0.3, 0.4) is 0 Å². The van der Waals surface area contributed by atoms with Gasteiger partial charge in [-0.25, -0.2) is 9.78 Å². The number of carbonyl (C=O) groups excluding carboxylic acids is 1. The summed E-state index contributed by atoms with van der Waals surface area (Å²) in [7, 11) is 2.78. The summed E-state index contributed by atoms with van der Waals surface area (Å²) in [6.45, 7) is 0.141. The zero-order valence-corrected chi connectivity index (χ0v) is 15.1. The maximum Gasteiger partial charge on any atom is 0.416 e. The molecular formula is C20H17F3N2O3. The van der Waals surface area contributed by atoms with Crippen molar-refractivity contribution >= 4 is 22.7 Å². The SMILES string of the molecule is COC(=O)c1ccc2c(OC)cc(NCc3cccc(C(F)(F)F)c3)nc2c1. The van der Waals surface area contributed by atoms with Crippen molar-refractivity contribution in [2.24, 2.45) is 0 Å². The number of fused-ring (bicyclic) bond motifs is 1. The van der Waals surface area contributed by atoms with E-state index in [1.165, 1.54) is 20.3 Å². The monoisotopic (exact) mass is 390 g/mol. The highest BCUT2D eigenvalue weighted by Crippen LogP contribution is 2.30. The molecule has 0 aliphatic heterocycles. The van der Waals surface area contributed by atoms with Gasteiger partial charge in [0.15, 0.2) is 0 Å². The predicted octanol–water partition coefficient (Wildman–Crippen LogP) is 4.66. The Hall–Kier alpha value is -3.29. The fourth-order valence-electron chi connectivity index (χ4n) is 2.75. The second-order valence-electron chi connectivity index (χ2n) is 5.98. The number of ether oxygens (including phenoxy) is 2. The van der Waals surface area contributed by atoms with Crippen molar-refractivity contribution in [2.45, 2.75) is 12.7 Å². The number of alkyl halides is 3. The molecular weight excluding hydrogens is 373 g/mol. The average Bonchev–Trinajstić information content (AvgIpc) is 2.70. The van der Waals surface area contributed by atoms with Crippen LogP contribution in [0.2, 0.25) is 0 Å². The van der Waals surface area contributed by atoms with Gasteiger partial charge in [-0.2, -0.15) is 13.2 Å². The summed E-state index contributed by atoms with van der Waals surface area (Å²) in [6, 6.07) is 11.6. The van der Waals surface area contributed by atoms with Crippen molar-refractivity contribution in [1.82, 2.24) is 4.98 Å². The van der Waals surface area contributed by atoms with E-state index in [1.54, 1.807) is 30.3 Å². The van der Waals surface area contributed by atoms with Gasteiger partial charge >= 0.3 is 12.1 Å². The van der Waals surface area contributed by atoms with Crippen molar-refractivity contribution in [2.75, 3.05) is 19.5 Å². The molecule has 0 radical (unpaired) electrons. The van der Waals surface area contributed by atoms with E-state index >= 15 is 0 Å². The first kappa shape index (κ1) is 19.5. The predicted molar refractivity (Wildman–Crippen MR) is 98.4 cm³/mol. The number of methoxy groups -OCH3 is 2. The van der Waals surface area contributed by atoms with E-state index in [1.807, 2.05) is 0 Å². The lowest BCUT2D eigenvalue weighted by Gasteiger charge is -2.12. The zero-order chi connectivity index (χ0) is 20.3. The maximum absolute atomic E-state index is 12.8. The van der Waals surface area contributed by atoms with Crippen LogP contribution in [0.1, 0.15) is 21.5 Å². The molecule has 0 unspecified atom stereocenters. The van der Waals surface area contributed by atoms with E-state index in [2.05, 4.69) is 10.3 Å². The highest BCUT2D eigenvalue weighted by molar-refractivity contribution is 5.96. The van der Waals surface area contributed by atoms with Gasteiger partial charge in [0, 0.05) is 18.0 Å². The molecule has 8 heteroatoms. The number of carbonyl (C=O) groups is 1. The van der Waals surface area contributed by atoms with Crippen molar-refractivity contribution in [3.63, 3.8) is 0 Å². The smallest absolute Gasteiger partial charge is 0.416 e. The van der Waals surface area contributed by atoms with Gasteiger partial charge in [0.2, 0.25) is 0 Å². The second kappa shape index (κ2) is 7.75. The maximum atomic E-state index is 12.8. The van der Waals surface area contributed by atoms with Crippen LogP contribution in [-0.4, -0.2) is 25.2 Å². The standard InChI is InChI=1S/C20H17F3N2O3/c1-27-17-10-18(24-11-12-4-3-5-14(8-12)20(21,22)23)25-16-9-13(19(26)28-2)6-7-15(16)17/h3-10H,11H2,1-2H3,(H,24,25). The van der Waals surface area contributed by atoms with Crippen molar-refractivity contribution in [3.05, 3.63) is 65.2 Å². The van der Waals surface area contributed by atoms with Gasteiger partial charge in [-0.05, 0) is 35.9 Å². The van der Waals surface area contributed by atoms with Gasteiger partial charge in [-0.15, -0.1) is 0 Å². The Morgan fingerprint density at radius 2 is 1.89 bits per heavy atom. The van der Waals surface area contributed by atoms with Gasteiger partial charge in [0.1, 0.15) is 11.6 Å². The number of benzene rings is 2. The number of aromatic nitrogens is 1. The van der Waals surface area contributed by atoms with E-state index in [0.29, 0.717) is 33.6 Å². The lowest BCUT2D eigenvalue weighted by molar-refractivity contribution is -0.137. The lowest BCUT2D eigenvalue weighted by atomic mass is 10.1. The fourth-order valence-corrected chi connectivity index (χ4v) is 2.75. The van der Waals surface area contributed by atoms with E-state index in [9.17, 15) is 18.0 Å². The number of hydrogen-bond acceptors (Lipinski definition) is 5. The Kier molecular flexibility index (Phi) is 5.39. The molecule has 5 nitrogen and oxygen atoms in total. The van der Waals surface area contributed by atoms with Gasteiger partial charge in [0.05, 0.1) is 30.9 Å². The molecule has 3 rings (SSSR count). The van der Waals surface area contributed by atoms with Crippen molar-refractivity contribution < 1.29 is 27.4 Å². The lowest BCUT2D eigenvalue weighted by Crippen LogP contribution is -2.07. The minimum Gasteiger partial charge on any atom is -0.496 e. The summed E-state index contributed by atoms with van der Waals surface area (Å²) >= 11 is 0. The Balaban J connectivity index is 1.89. The third-order valence-electron chi connectivity index (χ3n) is 4.14. The van der Waals surface area contributed by atoms with Crippen molar-refractivity contribution in [1.29, 1.82) is 0 Å². The van der Waals surface area contributed by atoms with E-state index in [4.69, 9.17) is 9.47 Å². The summed E-state index contributed by atoms with van der Waals surface area (Å²) in [5, 5.41) is 3.69. The summed E-state index contributed by atoms with van der Waals surface area (Å²) in [5.74, 6) is 0.432. The first-order valence-corrected chi connectivity index (χ1v) is 8.29. The molecule has 0 saturated heterocycles. The van der Waals surface area contributed by atoms with Gasteiger partial charge in [0.25, 0.3) is 0 Å². The quantitative estimate of drug-likeness (QED) is 0.642. The molecule has 0 fully saturated rings. The molecule has 1 N–H and O–H groups in total.